The van der Waals surface area contributed by atoms with Crippen molar-refractivity contribution in [2.45, 2.75) is 33.1 Å². The zero-order chi connectivity index (χ0) is 10.6. The van der Waals surface area contributed by atoms with Gasteiger partial charge in [-0.05, 0) is 24.7 Å². The minimum Gasteiger partial charge on any atom is -0.342 e. The summed E-state index contributed by atoms with van der Waals surface area (Å²) in [6, 6.07) is 0. The first-order chi connectivity index (χ1) is 6.63. The van der Waals surface area contributed by atoms with Gasteiger partial charge in [0.1, 0.15) is 0 Å². The van der Waals surface area contributed by atoms with Crippen LogP contribution in [0, 0.1) is 11.8 Å². The first-order valence-electron chi connectivity index (χ1n) is 5.47. The molecule has 1 rings (SSSR count). The van der Waals surface area contributed by atoms with Crippen molar-refractivity contribution in [1.82, 2.24) is 4.90 Å². The van der Waals surface area contributed by atoms with Gasteiger partial charge < -0.3 is 4.90 Å². The Morgan fingerprint density at radius 2 is 2.29 bits per heavy atom. The molecule has 0 aromatic heterocycles. The molecule has 1 aliphatic heterocycles. The number of rotatable bonds is 5. The van der Waals surface area contributed by atoms with Gasteiger partial charge in [0, 0.05) is 25.4 Å². The highest BCUT2D eigenvalue weighted by Crippen LogP contribution is 2.18. The van der Waals surface area contributed by atoms with Gasteiger partial charge in [0.2, 0.25) is 5.91 Å². The molecule has 2 atom stereocenters. The smallest absolute Gasteiger partial charge is 0.222 e. The average Bonchev–Trinajstić information content (AvgIpc) is 2.42. The lowest BCUT2D eigenvalue weighted by atomic mass is 10.1. The van der Waals surface area contributed by atoms with E-state index in [1.54, 1.807) is 0 Å². The Morgan fingerprint density at radius 1 is 1.57 bits per heavy atom. The summed E-state index contributed by atoms with van der Waals surface area (Å²) in [5, 5.41) is 0. The van der Waals surface area contributed by atoms with E-state index in [0.717, 1.165) is 38.2 Å². The van der Waals surface area contributed by atoms with Gasteiger partial charge in [0.15, 0.2) is 0 Å². The molecule has 0 saturated carbocycles. The molecular weight excluding hydrogens is 198 g/mol. The normalized spacial score (nSPS) is 24.4. The maximum absolute atomic E-state index is 11.5. The lowest BCUT2D eigenvalue weighted by Crippen LogP contribution is -2.27. The van der Waals surface area contributed by atoms with Crippen LogP contribution in [0.5, 0.6) is 0 Å². The second-order valence-electron chi connectivity index (χ2n) is 4.52. The van der Waals surface area contributed by atoms with E-state index in [0.29, 0.717) is 17.7 Å². The predicted octanol–water partition coefficient (Wildman–Crippen LogP) is 2.51. The van der Waals surface area contributed by atoms with Crippen LogP contribution in [0.15, 0.2) is 0 Å². The summed E-state index contributed by atoms with van der Waals surface area (Å²) in [7, 11) is 0. The molecule has 82 valence electrons. The molecule has 0 bridgehead atoms. The van der Waals surface area contributed by atoms with Crippen molar-refractivity contribution in [3.05, 3.63) is 0 Å². The standard InChI is InChI=1S/C11H20ClNO/c1-9(3-5-12)4-6-13-8-10(2)7-11(13)14/h9-10H,3-8H2,1-2H3. The van der Waals surface area contributed by atoms with E-state index in [-0.39, 0.29) is 0 Å². The summed E-state index contributed by atoms with van der Waals surface area (Å²) < 4.78 is 0. The van der Waals surface area contributed by atoms with Crippen molar-refractivity contribution in [2.75, 3.05) is 19.0 Å². The molecule has 0 spiro atoms. The van der Waals surface area contributed by atoms with Gasteiger partial charge in [-0.3, -0.25) is 4.79 Å². The first kappa shape index (κ1) is 11.8. The minimum absolute atomic E-state index is 0.329. The molecule has 0 aromatic carbocycles. The number of likely N-dealkylation sites (tertiary alicyclic amines) is 1. The van der Waals surface area contributed by atoms with Gasteiger partial charge >= 0.3 is 0 Å². The maximum atomic E-state index is 11.5. The average molecular weight is 218 g/mol. The number of nitrogens with zero attached hydrogens (tertiary/aromatic N) is 1. The van der Waals surface area contributed by atoms with Crippen LogP contribution in [0.1, 0.15) is 33.1 Å². The number of halogens is 1. The molecule has 14 heavy (non-hydrogen) atoms. The number of carbonyl (C=O) groups excluding carboxylic acids is 1. The molecule has 0 radical (unpaired) electrons. The van der Waals surface area contributed by atoms with Crippen molar-refractivity contribution >= 4 is 17.5 Å². The van der Waals surface area contributed by atoms with E-state index in [1.807, 2.05) is 4.90 Å². The highest BCUT2D eigenvalue weighted by atomic mass is 35.5. The van der Waals surface area contributed by atoms with E-state index >= 15 is 0 Å². The zero-order valence-corrected chi connectivity index (χ0v) is 9.89. The van der Waals surface area contributed by atoms with E-state index in [9.17, 15) is 4.79 Å². The fraction of sp³-hybridized carbons (Fsp3) is 0.909. The summed E-state index contributed by atoms with van der Waals surface area (Å²) in [5.74, 6) is 2.24. The van der Waals surface area contributed by atoms with Crippen LogP contribution < -0.4 is 0 Å². The topological polar surface area (TPSA) is 20.3 Å². The lowest BCUT2D eigenvalue weighted by molar-refractivity contribution is -0.127. The molecule has 1 aliphatic rings. The van der Waals surface area contributed by atoms with Gasteiger partial charge in [-0.15, -0.1) is 11.6 Å². The number of amides is 1. The molecular formula is C11H20ClNO. The predicted molar refractivity (Wildman–Crippen MR) is 59.5 cm³/mol. The molecule has 1 saturated heterocycles. The summed E-state index contributed by atoms with van der Waals surface area (Å²) >= 11 is 5.66. The van der Waals surface area contributed by atoms with Gasteiger partial charge in [-0.25, -0.2) is 0 Å². The van der Waals surface area contributed by atoms with Gasteiger partial charge in [-0.1, -0.05) is 13.8 Å². The van der Waals surface area contributed by atoms with Crippen molar-refractivity contribution in [3.8, 4) is 0 Å². The number of hydrogen-bond donors (Lipinski definition) is 0. The molecule has 2 unspecified atom stereocenters. The minimum atomic E-state index is 0.329. The SMILES string of the molecule is CC(CCCl)CCN1CC(C)CC1=O. The quantitative estimate of drug-likeness (QED) is 0.648. The van der Waals surface area contributed by atoms with Crippen LogP contribution >= 0.6 is 11.6 Å². The Hall–Kier alpha value is -0.240. The third-order valence-corrected chi connectivity index (χ3v) is 3.12. The summed E-state index contributed by atoms with van der Waals surface area (Å²) in [6.07, 6.45) is 2.88. The van der Waals surface area contributed by atoms with Crippen LogP contribution in [0.25, 0.3) is 0 Å². The molecule has 1 fully saturated rings. The zero-order valence-electron chi connectivity index (χ0n) is 9.13. The Bertz CT molecular complexity index is 196. The monoisotopic (exact) mass is 217 g/mol. The van der Waals surface area contributed by atoms with E-state index < -0.39 is 0 Å². The molecule has 1 heterocycles. The van der Waals surface area contributed by atoms with Crippen molar-refractivity contribution < 1.29 is 4.79 Å². The number of carbonyl (C=O) groups is 1. The largest absolute Gasteiger partial charge is 0.342 e. The highest BCUT2D eigenvalue weighted by Gasteiger charge is 2.25. The van der Waals surface area contributed by atoms with E-state index in [4.69, 9.17) is 11.6 Å². The van der Waals surface area contributed by atoms with Gasteiger partial charge in [-0.2, -0.15) is 0 Å². The Labute approximate surface area is 91.6 Å². The van der Waals surface area contributed by atoms with Crippen molar-refractivity contribution in [1.29, 1.82) is 0 Å². The van der Waals surface area contributed by atoms with Crippen molar-refractivity contribution in [2.24, 2.45) is 11.8 Å². The summed E-state index contributed by atoms with van der Waals surface area (Å²) in [4.78, 5) is 13.5. The highest BCUT2D eigenvalue weighted by molar-refractivity contribution is 6.17. The third-order valence-electron chi connectivity index (χ3n) is 2.90. The van der Waals surface area contributed by atoms with Crippen LogP contribution in [0.3, 0.4) is 0 Å². The second kappa shape index (κ2) is 5.59. The van der Waals surface area contributed by atoms with Crippen molar-refractivity contribution in [3.63, 3.8) is 0 Å². The number of alkyl halides is 1. The van der Waals surface area contributed by atoms with Crippen LogP contribution in [0.2, 0.25) is 0 Å². The molecule has 0 aliphatic carbocycles. The lowest BCUT2D eigenvalue weighted by Gasteiger charge is -2.18. The van der Waals surface area contributed by atoms with Crippen LogP contribution in [-0.4, -0.2) is 29.8 Å². The molecule has 2 nitrogen and oxygen atoms in total. The molecule has 0 aromatic rings. The number of hydrogen-bond acceptors (Lipinski definition) is 1. The summed E-state index contributed by atoms with van der Waals surface area (Å²) in [5.41, 5.74) is 0. The Kier molecular flexibility index (Phi) is 4.73. The second-order valence-corrected chi connectivity index (χ2v) is 4.90. The molecule has 3 heteroatoms. The van der Waals surface area contributed by atoms with Crippen LogP contribution in [-0.2, 0) is 4.79 Å². The van der Waals surface area contributed by atoms with Gasteiger partial charge in [0.25, 0.3) is 0 Å². The molecule has 0 N–H and O–H groups in total. The Balaban J connectivity index is 2.21. The van der Waals surface area contributed by atoms with Gasteiger partial charge in [0.05, 0.1) is 0 Å². The Morgan fingerprint density at radius 3 is 2.79 bits per heavy atom. The van der Waals surface area contributed by atoms with Crippen LogP contribution in [0.4, 0.5) is 0 Å². The fourth-order valence-electron chi connectivity index (χ4n) is 1.89. The van der Waals surface area contributed by atoms with E-state index in [1.165, 1.54) is 0 Å². The third kappa shape index (κ3) is 3.49. The van der Waals surface area contributed by atoms with E-state index in [2.05, 4.69) is 13.8 Å². The maximum Gasteiger partial charge on any atom is 0.222 e. The molecule has 1 amide bonds. The fourth-order valence-corrected chi connectivity index (χ4v) is 2.27. The summed E-state index contributed by atoms with van der Waals surface area (Å²) in [6.45, 7) is 6.21. The first-order valence-corrected chi connectivity index (χ1v) is 6.00.